The molecule has 10 heteroatoms. The van der Waals surface area contributed by atoms with Crippen LogP contribution in [0.25, 0.3) is 21.5 Å². The Morgan fingerprint density at radius 2 is 0.980 bits per heavy atom. The highest BCUT2D eigenvalue weighted by Gasteiger charge is 2.31. The summed E-state index contributed by atoms with van der Waals surface area (Å²) >= 11 is 0. The Hall–Kier alpha value is -5.64. The maximum absolute atomic E-state index is 14.3. The fraction of sp³-hybridized carbons (Fsp3) is 0.171. The topological polar surface area (TPSA) is 52.6 Å². The number of ether oxygens (including phenoxy) is 2. The molecule has 0 aromatic heterocycles. The highest BCUT2D eigenvalue weighted by molar-refractivity contribution is 5.93. The number of hydrogen-bond donors (Lipinski definition) is 0. The molecule has 0 aliphatic rings. The summed E-state index contributed by atoms with van der Waals surface area (Å²) < 4.78 is 89.3. The van der Waals surface area contributed by atoms with Crippen molar-refractivity contribution in [2.45, 2.75) is 45.9 Å². The van der Waals surface area contributed by atoms with E-state index in [1.807, 2.05) is 0 Å². The molecule has 0 heterocycles. The summed E-state index contributed by atoms with van der Waals surface area (Å²) in [5.41, 5.74) is 5.29. The van der Waals surface area contributed by atoms with Crippen molar-refractivity contribution in [1.82, 2.24) is 0 Å². The minimum Gasteiger partial charge on any atom is -0.406 e. The minimum absolute atomic E-state index is 0.214. The Bertz CT molecular complexity index is 2280. The van der Waals surface area contributed by atoms with E-state index >= 15 is 0 Å². The molecule has 0 saturated carbocycles. The summed E-state index contributed by atoms with van der Waals surface area (Å²) in [5.74, 6) is -3.27. The van der Waals surface area contributed by atoms with Crippen LogP contribution in [-0.2, 0) is 40.0 Å². The fourth-order valence-corrected chi connectivity index (χ4v) is 6.37. The predicted octanol–water partition coefficient (Wildman–Crippen LogP) is 9.96. The lowest BCUT2D eigenvalue weighted by Gasteiger charge is -2.17. The number of hydrogen-bond acceptors (Lipinski definition) is 4. The molecule has 0 spiro atoms. The van der Waals surface area contributed by atoms with Gasteiger partial charge in [-0.15, -0.1) is 13.2 Å². The van der Waals surface area contributed by atoms with Crippen LogP contribution in [0.15, 0.2) is 97.1 Å². The number of rotatable bonds is 9. The molecule has 0 atom stereocenters. The van der Waals surface area contributed by atoms with Crippen LogP contribution < -0.4 is 4.74 Å². The first-order valence-corrected chi connectivity index (χ1v) is 16.0. The third-order valence-electron chi connectivity index (χ3n) is 8.94. The van der Waals surface area contributed by atoms with Gasteiger partial charge >= 0.3 is 18.3 Å². The van der Waals surface area contributed by atoms with Crippen LogP contribution in [0.1, 0.15) is 44.5 Å². The van der Waals surface area contributed by atoms with Crippen molar-refractivity contribution in [2.24, 2.45) is 0 Å². The standard InChI is InChI=1S/C41H30F6O4/c1-23-29(17-27-7-11-32(43)21-37(27)35(23)15-25-3-9-31(42)10-4-25)19-39(48)50-40(49)20-30-18-28-8-12-33(44)22-38(28)36(24(30)2)16-26-5-13-34(14-6-26)51-41(45,46)47/h3-14,17-18,21-22H,15-16,19-20H2,1-2H3. The average Bonchev–Trinajstić information content (AvgIpc) is 3.06. The Labute approximate surface area is 289 Å². The quantitative estimate of drug-likeness (QED) is 0.0856. The van der Waals surface area contributed by atoms with E-state index in [1.54, 1.807) is 50.2 Å². The molecular weight excluding hydrogens is 670 g/mol. The van der Waals surface area contributed by atoms with Gasteiger partial charge < -0.3 is 9.47 Å². The molecule has 4 nitrogen and oxygen atoms in total. The molecule has 0 amide bonds. The van der Waals surface area contributed by atoms with E-state index in [0.29, 0.717) is 61.3 Å². The lowest BCUT2D eigenvalue weighted by molar-refractivity contribution is -0.274. The average molecular weight is 701 g/mol. The van der Waals surface area contributed by atoms with Gasteiger partial charge in [-0.25, -0.2) is 13.2 Å². The Morgan fingerprint density at radius 1 is 0.569 bits per heavy atom. The van der Waals surface area contributed by atoms with Gasteiger partial charge in [-0.3, -0.25) is 9.59 Å². The number of fused-ring (bicyclic) bond motifs is 2. The van der Waals surface area contributed by atoms with E-state index in [9.17, 15) is 35.9 Å². The zero-order valence-electron chi connectivity index (χ0n) is 27.5. The summed E-state index contributed by atoms with van der Waals surface area (Å²) in [6, 6.07) is 23.3. The van der Waals surface area contributed by atoms with Gasteiger partial charge in [0.05, 0.1) is 12.8 Å². The first-order valence-electron chi connectivity index (χ1n) is 16.0. The number of halogens is 6. The maximum Gasteiger partial charge on any atom is 0.573 e. The molecule has 0 saturated heterocycles. The third-order valence-corrected chi connectivity index (χ3v) is 8.94. The number of alkyl halides is 3. The number of carbonyl (C=O) groups is 2. The van der Waals surface area contributed by atoms with Gasteiger partial charge in [0, 0.05) is 0 Å². The van der Waals surface area contributed by atoms with Gasteiger partial charge in [0.15, 0.2) is 0 Å². The molecule has 0 unspecified atom stereocenters. The lowest BCUT2D eigenvalue weighted by atomic mass is 9.89. The lowest BCUT2D eigenvalue weighted by Crippen LogP contribution is -2.18. The van der Waals surface area contributed by atoms with Crippen molar-refractivity contribution in [1.29, 1.82) is 0 Å². The largest absolute Gasteiger partial charge is 0.573 e. The highest BCUT2D eigenvalue weighted by Crippen LogP contribution is 2.32. The van der Waals surface area contributed by atoms with E-state index in [4.69, 9.17) is 4.74 Å². The molecule has 6 aromatic rings. The van der Waals surface area contributed by atoms with Crippen molar-refractivity contribution in [3.8, 4) is 5.75 Å². The fourth-order valence-electron chi connectivity index (χ4n) is 6.37. The molecule has 51 heavy (non-hydrogen) atoms. The van der Waals surface area contributed by atoms with Crippen LogP contribution in [0, 0.1) is 31.3 Å². The molecule has 260 valence electrons. The number of esters is 2. The van der Waals surface area contributed by atoms with Crippen LogP contribution in [0.4, 0.5) is 26.3 Å². The summed E-state index contributed by atoms with van der Waals surface area (Å²) in [5, 5.41) is 2.53. The highest BCUT2D eigenvalue weighted by atomic mass is 19.4. The zero-order valence-corrected chi connectivity index (χ0v) is 27.5. The van der Waals surface area contributed by atoms with Crippen LogP contribution >= 0.6 is 0 Å². The van der Waals surface area contributed by atoms with Crippen molar-refractivity contribution >= 4 is 33.5 Å². The Morgan fingerprint density at radius 3 is 1.41 bits per heavy atom. The van der Waals surface area contributed by atoms with Gasteiger partial charge in [-0.1, -0.05) is 48.5 Å². The molecular formula is C41H30F6O4. The summed E-state index contributed by atoms with van der Waals surface area (Å²) in [7, 11) is 0. The summed E-state index contributed by atoms with van der Waals surface area (Å²) in [4.78, 5) is 26.3. The summed E-state index contributed by atoms with van der Waals surface area (Å²) in [6.45, 7) is 3.54. The number of carbonyl (C=O) groups excluding carboxylic acids is 2. The van der Waals surface area contributed by atoms with Crippen molar-refractivity contribution in [3.05, 3.63) is 159 Å². The Balaban J connectivity index is 1.23. The van der Waals surface area contributed by atoms with Gasteiger partial charge in [0.2, 0.25) is 0 Å². The van der Waals surface area contributed by atoms with E-state index in [0.717, 1.165) is 11.1 Å². The third kappa shape index (κ3) is 8.40. The van der Waals surface area contributed by atoms with E-state index in [2.05, 4.69) is 4.74 Å². The van der Waals surface area contributed by atoms with E-state index in [1.165, 1.54) is 60.7 Å². The second kappa shape index (κ2) is 14.3. The molecule has 6 rings (SSSR count). The molecule has 0 bridgehead atoms. The van der Waals surface area contributed by atoms with Crippen LogP contribution in [0.2, 0.25) is 0 Å². The van der Waals surface area contributed by atoms with E-state index in [-0.39, 0.29) is 30.8 Å². The van der Waals surface area contributed by atoms with Crippen molar-refractivity contribution < 1.29 is 45.4 Å². The molecule has 0 aliphatic heterocycles. The van der Waals surface area contributed by atoms with Crippen LogP contribution in [-0.4, -0.2) is 18.3 Å². The van der Waals surface area contributed by atoms with E-state index < -0.39 is 29.9 Å². The molecule has 0 N–H and O–H groups in total. The Kier molecular flexibility index (Phi) is 9.87. The normalized spacial score (nSPS) is 11.6. The molecule has 0 radical (unpaired) electrons. The summed E-state index contributed by atoms with van der Waals surface area (Å²) in [6.07, 6.45) is -4.78. The second-order valence-electron chi connectivity index (χ2n) is 12.4. The van der Waals surface area contributed by atoms with Crippen LogP contribution in [0.3, 0.4) is 0 Å². The first kappa shape index (κ1) is 35.2. The molecule has 6 aromatic carbocycles. The first-order chi connectivity index (χ1) is 24.2. The van der Waals surface area contributed by atoms with Gasteiger partial charge in [-0.2, -0.15) is 0 Å². The molecule has 0 fully saturated rings. The van der Waals surface area contributed by atoms with Crippen molar-refractivity contribution in [3.63, 3.8) is 0 Å². The number of benzene rings is 6. The predicted molar refractivity (Wildman–Crippen MR) is 181 cm³/mol. The molecule has 0 aliphatic carbocycles. The van der Waals surface area contributed by atoms with Gasteiger partial charge in [0.1, 0.15) is 23.2 Å². The monoisotopic (exact) mass is 700 g/mol. The van der Waals surface area contributed by atoms with Crippen LogP contribution in [0.5, 0.6) is 5.75 Å². The second-order valence-corrected chi connectivity index (χ2v) is 12.4. The SMILES string of the molecule is Cc1c(CC(=O)OC(=O)Cc2cc3ccc(F)cc3c(Cc3ccc(OC(F)(F)F)cc3)c2C)cc2ccc(F)cc2c1Cc1ccc(F)cc1. The smallest absolute Gasteiger partial charge is 0.406 e. The van der Waals surface area contributed by atoms with Crippen molar-refractivity contribution in [2.75, 3.05) is 0 Å². The zero-order chi connectivity index (χ0) is 36.4. The maximum atomic E-state index is 14.3. The van der Waals surface area contributed by atoms with Gasteiger partial charge in [0.25, 0.3) is 0 Å². The van der Waals surface area contributed by atoms with Gasteiger partial charge in [-0.05, 0) is 141 Å². The minimum atomic E-state index is -4.83.